The summed E-state index contributed by atoms with van der Waals surface area (Å²) in [5, 5.41) is 0. The Morgan fingerprint density at radius 1 is 1.05 bits per heavy atom. The highest BCUT2D eigenvalue weighted by Gasteiger charge is 2.27. The van der Waals surface area contributed by atoms with E-state index >= 15 is 0 Å². The lowest BCUT2D eigenvalue weighted by Gasteiger charge is -2.22. The summed E-state index contributed by atoms with van der Waals surface area (Å²) in [6.07, 6.45) is 4.14. The quantitative estimate of drug-likeness (QED) is 0.857. The molecule has 2 rings (SSSR count). The van der Waals surface area contributed by atoms with Crippen molar-refractivity contribution in [3.8, 4) is 5.75 Å². The summed E-state index contributed by atoms with van der Waals surface area (Å²) in [5.74, 6) is 0.768. The molecule has 1 aromatic rings. The minimum absolute atomic E-state index is 0.422. The molecule has 5 heteroatoms. The van der Waals surface area contributed by atoms with E-state index in [2.05, 4.69) is 0 Å². The van der Waals surface area contributed by atoms with Crippen molar-refractivity contribution in [2.75, 3.05) is 19.7 Å². The van der Waals surface area contributed by atoms with Gasteiger partial charge in [-0.05, 0) is 56.9 Å². The Kier molecular flexibility index (Phi) is 5.27. The number of ether oxygens (including phenoxy) is 1. The van der Waals surface area contributed by atoms with Gasteiger partial charge in [0.1, 0.15) is 5.75 Å². The maximum absolute atomic E-state index is 12.9. The lowest BCUT2D eigenvalue weighted by Crippen LogP contribution is -2.32. The highest BCUT2D eigenvalue weighted by atomic mass is 32.2. The predicted molar refractivity (Wildman–Crippen MR) is 84.3 cm³/mol. The summed E-state index contributed by atoms with van der Waals surface area (Å²) in [5.41, 5.74) is 1.63. The van der Waals surface area contributed by atoms with Crippen molar-refractivity contribution in [2.45, 2.75) is 51.3 Å². The average Bonchev–Trinajstić information content (AvgIpc) is 2.72. The lowest BCUT2D eigenvalue weighted by atomic mass is 10.1. The molecule has 0 atom stereocenters. The van der Waals surface area contributed by atoms with E-state index in [1.807, 2.05) is 26.8 Å². The first-order valence-electron chi connectivity index (χ1n) is 7.71. The zero-order chi connectivity index (χ0) is 15.5. The summed E-state index contributed by atoms with van der Waals surface area (Å²) < 4.78 is 32.9. The Morgan fingerprint density at radius 2 is 1.67 bits per heavy atom. The third-order valence-corrected chi connectivity index (χ3v) is 6.00. The average molecular weight is 311 g/mol. The van der Waals surface area contributed by atoms with E-state index in [0.717, 1.165) is 42.6 Å². The van der Waals surface area contributed by atoms with E-state index < -0.39 is 10.0 Å². The van der Waals surface area contributed by atoms with Crippen LogP contribution >= 0.6 is 0 Å². The van der Waals surface area contributed by atoms with E-state index in [-0.39, 0.29) is 0 Å². The van der Waals surface area contributed by atoms with E-state index in [1.165, 1.54) is 0 Å². The van der Waals surface area contributed by atoms with Crippen LogP contribution in [0.25, 0.3) is 0 Å². The second-order valence-corrected chi connectivity index (χ2v) is 7.54. The highest BCUT2D eigenvalue weighted by Crippen LogP contribution is 2.29. The second-order valence-electron chi connectivity index (χ2n) is 5.63. The Balaban J connectivity index is 2.37. The first-order valence-corrected chi connectivity index (χ1v) is 9.15. The van der Waals surface area contributed by atoms with Crippen LogP contribution in [-0.2, 0) is 10.0 Å². The molecule has 0 saturated carbocycles. The second kappa shape index (κ2) is 6.79. The van der Waals surface area contributed by atoms with E-state index in [4.69, 9.17) is 4.74 Å². The number of rotatable bonds is 4. The van der Waals surface area contributed by atoms with Crippen molar-refractivity contribution < 1.29 is 13.2 Å². The molecule has 0 aliphatic carbocycles. The summed E-state index contributed by atoms with van der Waals surface area (Å²) in [7, 11) is -3.39. The van der Waals surface area contributed by atoms with Gasteiger partial charge in [0.05, 0.1) is 11.5 Å². The molecule has 0 radical (unpaired) electrons. The first-order chi connectivity index (χ1) is 9.96. The number of aryl methyl sites for hydroxylation is 2. The first kappa shape index (κ1) is 16.3. The molecule has 0 amide bonds. The smallest absolute Gasteiger partial charge is 0.243 e. The van der Waals surface area contributed by atoms with Gasteiger partial charge in [0.25, 0.3) is 0 Å². The van der Waals surface area contributed by atoms with Gasteiger partial charge in [-0.15, -0.1) is 0 Å². The molecule has 0 aromatic heterocycles. The van der Waals surface area contributed by atoms with Crippen molar-refractivity contribution in [3.63, 3.8) is 0 Å². The number of hydrogen-bond donors (Lipinski definition) is 0. The topological polar surface area (TPSA) is 46.6 Å². The van der Waals surface area contributed by atoms with Crippen LogP contribution in [0.3, 0.4) is 0 Å². The molecule has 0 spiro atoms. The summed E-state index contributed by atoms with van der Waals surface area (Å²) in [6.45, 7) is 7.51. The molecule has 1 fully saturated rings. The van der Waals surface area contributed by atoms with Crippen LogP contribution in [0.4, 0.5) is 0 Å². The number of benzene rings is 1. The molecule has 118 valence electrons. The Bertz CT molecular complexity index is 588. The monoisotopic (exact) mass is 311 g/mol. The molecule has 4 nitrogen and oxygen atoms in total. The number of nitrogens with zero attached hydrogens (tertiary/aromatic N) is 1. The summed E-state index contributed by atoms with van der Waals surface area (Å²) >= 11 is 0. The summed E-state index contributed by atoms with van der Waals surface area (Å²) in [4.78, 5) is 0.422. The van der Waals surface area contributed by atoms with Gasteiger partial charge >= 0.3 is 0 Å². The Hall–Kier alpha value is -1.07. The molecule has 0 bridgehead atoms. The van der Waals surface area contributed by atoms with Gasteiger partial charge in [-0.1, -0.05) is 12.8 Å². The minimum Gasteiger partial charge on any atom is -0.494 e. The normalized spacial score (nSPS) is 17.5. The van der Waals surface area contributed by atoms with Gasteiger partial charge in [0.15, 0.2) is 0 Å². The maximum Gasteiger partial charge on any atom is 0.243 e. The SMILES string of the molecule is CCOc1cc(C)c(S(=O)(=O)N2CCCCCC2)cc1C. The molecular formula is C16H25NO3S. The fraction of sp³-hybridized carbons (Fsp3) is 0.625. The highest BCUT2D eigenvalue weighted by molar-refractivity contribution is 7.89. The van der Waals surface area contributed by atoms with Gasteiger partial charge < -0.3 is 4.74 Å². The molecule has 1 saturated heterocycles. The van der Waals surface area contributed by atoms with Crippen LogP contribution in [0, 0.1) is 13.8 Å². The number of sulfonamides is 1. The van der Waals surface area contributed by atoms with Crippen molar-refractivity contribution in [2.24, 2.45) is 0 Å². The van der Waals surface area contributed by atoms with Crippen molar-refractivity contribution >= 4 is 10.0 Å². The molecular weight excluding hydrogens is 286 g/mol. The van der Waals surface area contributed by atoms with Crippen LogP contribution in [0.15, 0.2) is 17.0 Å². The molecule has 1 aromatic carbocycles. The Labute approximate surface area is 128 Å². The van der Waals surface area contributed by atoms with E-state index in [9.17, 15) is 8.42 Å². The number of hydrogen-bond acceptors (Lipinski definition) is 3. The third-order valence-electron chi connectivity index (χ3n) is 3.96. The van der Waals surface area contributed by atoms with Crippen LogP contribution in [0.2, 0.25) is 0 Å². The zero-order valence-corrected chi connectivity index (χ0v) is 14.0. The standard InChI is InChI=1S/C16H25NO3S/c1-4-20-15-11-14(3)16(12-13(15)2)21(18,19)17-9-7-5-6-8-10-17/h11-12H,4-10H2,1-3H3. The molecule has 0 N–H and O–H groups in total. The molecule has 0 unspecified atom stereocenters. The summed E-state index contributed by atoms with van der Waals surface area (Å²) in [6, 6.07) is 3.59. The lowest BCUT2D eigenvalue weighted by molar-refractivity contribution is 0.337. The van der Waals surface area contributed by atoms with E-state index in [1.54, 1.807) is 10.4 Å². The van der Waals surface area contributed by atoms with Gasteiger partial charge in [-0.3, -0.25) is 0 Å². The largest absolute Gasteiger partial charge is 0.494 e. The molecule has 1 aliphatic heterocycles. The van der Waals surface area contributed by atoms with Crippen molar-refractivity contribution in [1.29, 1.82) is 0 Å². The Morgan fingerprint density at radius 3 is 2.24 bits per heavy atom. The van der Waals surface area contributed by atoms with Gasteiger partial charge in [-0.25, -0.2) is 8.42 Å². The van der Waals surface area contributed by atoms with E-state index in [0.29, 0.717) is 24.6 Å². The van der Waals surface area contributed by atoms with Crippen LogP contribution in [-0.4, -0.2) is 32.4 Å². The van der Waals surface area contributed by atoms with Crippen LogP contribution in [0.5, 0.6) is 5.75 Å². The fourth-order valence-electron chi connectivity index (χ4n) is 2.77. The van der Waals surface area contributed by atoms with Crippen LogP contribution < -0.4 is 4.74 Å². The maximum atomic E-state index is 12.9. The zero-order valence-electron chi connectivity index (χ0n) is 13.2. The minimum atomic E-state index is -3.39. The third kappa shape index (κ3) is 3.58. The predicted octanol–water partition coefficient (Wildman–Crippen LogP) is 3.27. The fourth-order valence-corrected chi connectivity index (χ4v) is 4.58. The van der Waals surface area contributed by atoms with Gasteiger partial charge in [0, 0.05) is 13.1 Å². The van der Waals surface area contributed by atoms with Crippen molar-refractivity contribution in [3.05, 3.63) is 23.3 Å². The molecule has 1 heterocycles. The molecule has 1 aliphatic rings. The molecule has 21 heavy (non-hydrogen) atoms. The van der Waals surface area contributed by atoms with Crippen LogP contribution in [0.1, 0.15) is 43.7 Å². The van der Waals surface area contributed by atoms with Gasteiger partial charge in [0.2, 0.25) is 10.0 Å². The van der Waals surface area contributed by atoms with Crippen molar-refractivity contribution in [1.82, 2.24) is 4.31 Å². The van der Waals surface area contributed by atoms with Gasteiger partial charge in [-0.2, -0.15) is 4.31 Å².